The first-order chi connectivity index (χ1) is 10.4. The summed E-state index contributed by atoms with van der Waals surface area (Å²) in [6, 6.07) is -0.423. The molecular formula is C17H32N2O3. The van der Waals surface area contributed by atoms with Crippen molar-refractivity contribution in [1.82, 2.24) is 10.6 Å². The quantitative estimate of drug-likeness (QED) is 0.710. The van der Waals surface area contributed by atoms with Gasteiger partial charge in [0.25, 0.3) is 0 Å². The maximum absolute atomic E-state index is 12.2. The Morgan fingerprint density at radius 1 is 1.00 bits per heavy atom. The predicted octanol–water partition coefficient (Wildman–Crippen LogP) is 2.53. The molecule has 1 rings (SSSR count). The summed E-state index contributed by atoms with van der Waals surface area (Å²) in [6.45, 7) is 7.43. The highest BCUT2D eigenvalue weighted by Crippen LogP contribution is 2.20. The van der Waals surface area contributed by atoms with Gasteiger partial charge in [-0.2, -0.15) is 0 Å². The van der Waals surface area contributed by atoms with Crippen LogP contribution in [0.3, 0.4) is 0 Å². The van der Waals surface area contributed by atoms with Crippen LogP contribution in [-0.2, 0) is 14.3 Å². The lowest BCUT2D eigenvalue weighted by Crippen LogP contribution is -2.50. The van der Waals surface area contributed by atoms with E-state index in [1.165, 1.54) is 25.7 Å². The Balaban J connectivity index is 2.37. The monoisotopic (exact) mass is 312 g/mol. The molecule has 2 amide bonds. The highest BCUT2D eigenvalue weighted by molar-refractivity contribution is 5.89. The van der Waals surface area contributed by atoms with Gasteiger partial charge in [-0.05, 0) is 40.0 Å². The number of hydrogen-bond acceptors (Lipinski definition) is 3. The topological polar surface area (TPSA) is 67.4 Å². The molecule has 5 nitrogen and oxygen atoms in total. The van der Waals surface area contributed by atoms with Crippen LogP contribution in [0, 0.1) is 0 Å². The van der Waals surface area contributed by atoms with Crippen molar-refractivity contribution in [2.24, 2.45) is 0 Å². The molecule has 1 fully saturated rings. The molecule has 5 heteroatoms. The van der Waals surface area contributed by atoms with Crippen LogP contribution < -0.4 is 10.6 Å². The van der Waals surface area contributed by atoms with Gasteiger partial charge in [0, 0.05) is 6.04 Å². The van der Waals surface area contributed by atoms with E-state index < -0.39 is 12.1 Å². The van der Waals surface area contributed by atoms with Crippen LogP contribution in [-0.4, -0.2) is 36.1 Å². The van der Waals surface area contributed by atoms with Crippen LogP contribution in [0.4, 0.5) is 0 Å². The third kappa shape index (κ3) is 6.77. The van der Waals surface area contributed by atoms with E-state index in [0.717, 1.165) is 19.3 Å². The third-order valence-corrected chi connectivity index (χ3v) is 4.32. The van der Waals surface area contributed by atoms with E-state index in [4.69, 9.17) is 4.74 Å². The summed E-state index contributed by atoms with van der Waals surface area (Å²) in [7, 11) is 0. The maximum Gasteiger partial charge on any atom is 0.249 e. The van der Waals surface area contributed by atoms with Crippen molar-refractivity contribution in [2.45, 2.75) is 96.9 Å². The van der Waals surface area contributed by atoms with Gasteiger partial charge in [-0.3, -0.25) is 9.59 Å². The number of ether oxygens (including phenoxy) is 1. The summed E-state index contributed by atoms with van der Waals surface area (Å²) in [5.41, 5.74) is 0. The Kier molecular flexibility index (Phi) is 8.46. The molecule has 0 aromatic carbocycles. The molecular weight excluding hydrogens is 280 g/mol. The van der Waals surface area contributed by atoms with Gasteiger partial charge in [0.05, 0.1) is 6.10 Å². The molecule has 0 aromatic rings. The van der Waals surface area contributed by atoms with Gasteiger partial charge >= 0.3 is 0 Å². The second kappa shape index (κ2) is 9.82. The Hall–Kier alpha value is -1.10. The van der Waals surface area contributed by atoms with Crippen LogP contribution >= 0.6 is 0 Å². The zero-order valence-corrected chi connectivity index (χ0v) is 14.5. The minimum atomic E-state index is -0.540. The van der Waals surface area contributed by atoms with Gasteiger partial charge < -0.3 is 15.4 Å². The van der Waals surface area contributed by atoms with E-state index in [2.05, 4.69) is 10.6 Å². The Morgan fingerprint density at radius 3 is 2.14 bits per heavy atom. The molecule has 1 aliphatic carbocycles. The van der Waals surface area contributed by atoms with Crippen molar-refractivity contribution in [3.63, 3.8) is 0 Å². The van der Waals surface area contributed by atoms with Gasteiger partial charge in [-0.1, -0.05) is 32.6 Å². The van der Waals surface area contributed by atoms with Crippen molar-refractivity contribution < 1.29 is 14.3 Å². The van der Waals surface area contributed by atoms with Crippen LogP contribution in [0.2, 0.25) is 0 Å². The SMILES string of the molecule is CC[C@H](C)NC(=O)[C@@H](C)NC(=O)[C@@H](C)OC1CCCCCC1. The van der Waals surface area contributed by atoms with Gasteiger partial charge in [-0.15, -0.1) is 0 Å². The zero-order chi connectivity index (χ0) is 16.5. The first-order valence-electron chi connectivity index (χ1n) is 8.70. The maximum atomic E-state index is 12.2. The zero-order valence-electron chi connectivity index (χ0n) is 14.5. The Bertz CT molecular complexity index is 352. The van der Waals surface area contributed by atoms with Gasteiger partial charge in [0.15, 0.2) is 0 Å². The van der Waals surface area contributed by atoms with Crippen molar-refractivity contribution in [1.29, 1.82) is 0 Å². The van der Waals surface area contributed by atoms with Crippen LogP contribution in [0.5, 0.6) is 0 Å². The third-order valence-electron chi connectivity index (χ3n) is 4.32. The van der Waals surface area contributed by atoms with Crippen molar-refractivity contribution >= 4 is 11.8 Å². The summed E-state index contributed by atoms with van der Waals surface area (Å²) in [5, 5.41) is 5.61. The molecule has 0 aliphatic heterocycles. The highest BCUT2D eigenvalue weighted by atomic mass is 16.5. The van der Waals surface area contributed by atoms with E-state index >= 15 is 0 Å². The van der Waals surface area contributed by atoms with E-state index in [-0.39, 0.29) is 24.0 Å². The Labute approximate surface area is 134 Å². The van der Waals surface area contributed by atoms with Crippen molar-refractivity contribution in [3.8, 4) is 0 Å². The van der Waals surface area contributed by atoms with Gasteiger partial charge in [0.1, 0.15) is 12.1 Å². The van der Waals surface area contributed by atoms with Gasteiger partial charge in [0.2, 0.25) is 11.8 Å². The fourth-order valence-electron chi connectivity index (χ4n) is 2.59. The molecule has 0 aromatic heterocycles. The minimum absolute atomic E-state index is 0.117. The lowest BCUT2D eigenvalue weighted by atomic mass is 10.1. The van der Waals surface area contributed by atoms with Gasteiger partial charge in [-0.25, -0.2) is 0 Å². The van der Waals surface area contributed by atoms with Crippen LogP contribution in [0.1, 0.15) is 72.6 Å². The normalized spacial score (nSPS) is 20.5. The van der Waals surface area contributed by atoms with E-state index in [1.54, 1.807) is 13.8 Å². The van der Waals surface area contributed by atoms with Crippen molar-refractivity contribution in [2.75, 3.05) is 0 Å². The molecule has 0 radical (unpaired) electrons. The predicted molar refractivity (Wildman–Crippen MR) is 87.5 cm³/mol. The number of nitrogens with one attached hydrogen (secondary N) is 2. The second-order valence-electron chi connectivity index (χ2n) is 6.44. The minimum Gasteiger partial charge on any atom is -0.365 e. The lowest BCUT2D eigenvalue weighted by Gasteiger charge is -2.23. The van der Waals surface area contributed by atoms with Crippen molar-refractivity contribution in [3.05, 3.63) is 0 Å². The molecule has 128 valence electrons. The molecule has 1 saturated carbocycles. The van der Waals surface area contributed by atoms with Crippen LogP contribution in [0.25, 0.3) is 0 Å². The summed E-state index contributed by atoms with van der Waals surface area (Å²) in [5.74, 6) is -0.361. The first-order valence-corrected chi connectivity index (χ1v) is 8.70. The molecule has 22 heavy (non-hydrogen) atoms. The lowest BCUT2D eigenvalue weighted by molar-refractivity contribution is -0.139. The number of hydrogen-bond donors (Lipinski definition) is 2. The van der Waals surface area contributed by atoms with Crippen LogP contribution in [0.15, 0.2) is 0 Å². The molecule has 0 spiro atoms. The highest BCUT2D eigenvalue weighted by Gasteiger charge is 2.23. The standard InChI is InChI=1S/C17H32N2O3/c1-5-12(2)18-16(20)13(3)19-17(21)14(4)22-15-10-8-6-7-9-11-15/h12-15H,5-11H2,1-4H3,(H,18,20)(H,19,21)/t12-,13+,14+/m0/s1. The fraction of sp³-hybridized carbons (Fsp3) is 0.882. The average Bonchev–Trinajstić information content (AvgIpc) is 2.75. The summed E-state index contributed by atoms with van der Waals surface area (Å²) in [4.78, 5) is 24.1. The molecule has 1 aliphatic rings. The fourth-order valence-corrected chi connectivity index (χ4v) is 2.59. The number of amides is 2. The molecule has 3 atom stereocenters. The molecule has 0 unspecified atom stereocenters. The average molecular weight is 312 g/mol. The second-order valence-corrected chi connectivity index (χ2v) is 6.44. The summed E-state index contributed by atoms with van der Waals surface area (Å²) < 4.78 is 5.87. The number of carbonyl (C=O) groups excluding carboxylic acids is 2. The van der Waals surface area contributed by atoms with E-state index in [1.807, 2.05) is 13.8 Å². The number of rotatable bonds is 7. The summed E-state index contributed by atoms with van der Waals surface area (Å²) in [6.07, 6.45) is 7.45. The Morgan fingerprint density at radius 2 is 1.59 bits per heavy atom. The smallest absolute Gasteiger partial charge is 0.249 e. The largest absolute Gasteiger partial charge is 0.365 e. The molecule has 0 heterocycles. The molecule has 2 N–H and O–H groups in total. The van der Waals surface area contributed by atoms with E-state index in [9.17, 15) is 9.59 Å². The molecule has 0 saturated heterocycles. The first kappa shape index (κ1) is 18.9. The summed E-state index contributed by atoms with van der Waals surface area (Å²) >= 11 is 0. The molecule has 0 bridgehead atoms. The van der Waals surface area contributed by atoms with E-state index in [0.29, 0.717) is 0 Å². The number of carbonyl (C=O) groups is 2.